The molecule has 0 bridgehead atoms. The summed E-state index contributed by atoms with van der Waals surface area (Å²) in [5.74, 6) is -0.238. The van der Waals surface area contributed by atoms with Crippen LogP contribution in [0.4, 0.5) is 4.39 Å². The van der Waals surface area contributed by atoms with Crippen LogP contribution in [-0.2, 0) is 0 Å². The van der Waals surface area contributed by atoms with Gasteiger partial charge >= 0.3 is 0 Å². The Kier molecular flexibility index (Phi) is 3.03. The maximum Gasteiger partial charge on any atom is 0.128 e. The van der Waals surface area contributed by atoms with E-state index >= 15 is 0 Å². The van der Waals surface area contributed by atoms with E-state index in [2.05, 4.69) is 4.98 Å². The van der Waals surface area contributed by atoms with Crippen LogP contribution in [0.15, 0.2) is 23.8 Å². The van der Waals surface area contributed by atoms with Gasteiger partial charge in [0.25, 0.3) is 0 Å². The minimum Gasteiger partial charge on any atom is -0.319 e. The van der Waals surface area contributed by atoms with Crippen molar-refractivity contribution in [3.05, 3.63) is 51.2 Å². The second kappa shape index (κ2) is 4.31. The number of thiazole rings is 1. The lowest BCUT2D eigenvalue weighted by Gasteiger charge is -2.14. The molecule has 1 aromatic heterocycles. The molecule has 1 heterocycles. The van der Waals surface area contributed by atoms with Gasteiger partial charge < -0.3 is 5.73 Å². The molecular weight excluding hydrogens is 223 g/mol. The van der Waals surface area contributed by atoms with E-state index in [1.807, 2.05) is 19.9 Å². The standard InChI is InChI=1S/C12H13FN2S/c1-7-3-8(2)11(9(13)4-7)12(14)10-5-15-6-16-10/h3-6,12H,14H2,1-2H3. The van der Waals surface area contributed by atoms with Gasteiger partial charge in [-0.2, -0.15) is 0 Å². The zero-order chi connectivity index (χ0) is 11.7. The third kappa shape index (κ3) is 1.99. The van der Waals surface area contributed by atoms with Gasteiger partial charge in [0, 0.05) is 16.6 Å². The average Bonchev–Trinajstić information content (AvgIpc) is 2.67. The molecule has 0 radical (unpaired) electrons. The molecule has 0 aliphatic heterocycles. The molecule has 0 saturated heterocycles. The van der Waals surface area contributed by atoms with Gasteiger partial charge in [-0.15, -0.1) is 11.3 Å². The molecule has 1 aromatic carbocycles. The Morgan fingerprint density at radius 2 is 2.12 bits per heavy atom. The van der Waals surface area contributed by atoms with Gasteiger partial charge in [0.1, 0.15) is 5.82 Å². The van der Waals surface area contributed by atoms with Crippen LogP contribution in [0.3, 0.4) is 0 Å². The number of aryl methyl sites for hydroxylation is 2. The summed E-state index contributed by atoms with van der Waals surface area (Å²) < 4.78 is 13.9. The van der Waals surface area contributed by atoms with Crippen molar-refractivity contribution >= 4 is 11.3 Å². The second-order valence-electron chi connectivity index (χ2n) is 3.86. The van der Waals surface area contributed by atoms with E-state index in [0.29, 0.717) is 5.56 Å². The Morgan fingerprint density at radius 3 is 2.69 bits per heavy atom. The first-order chi connectivity index (χ1) is 7.59. The summed E-state index contributed by atoms with van der Waals surface area (Å²) in [6.45, 7) is 3.75. The predicted octanol–water partition coefficient (Wildman–Crippen LogP) is 2.95. The monoisotopic (exact) mass is 236 g/mol. The molecule has 2 N–H and O–H groups in total. The average molecular weight is 236 g/mol. The fraction of sp³-hybridized carbons (Fsp3) is 0.250. The van der Waals surface area contributed by atoms with Gasteiger partial charge in [-0.05, 0) is 31.0 Å². The maximum absolute atomic E-state index is 13.9. The molecule has 0 amide bonds. The molecule has 0 fully saturated rings. The van der Waals surface area contributed by atoms with Crippen LogP contribution >= 0.6 is 11.3 Å². The summed E-state index contributed by atoms with van der Waals surface area (Å²) in [6.07, 6.45) is 1.69. The van der Waals surface area contributed by atoms with Gasteiger partial charge in [-0.1, -0.05) is 6.07 Å². The van der Waals surface area contributed by atoms with Gasteiger partial charge in [-0.25, -0.2) is 4.39 Å². The van der Waals surface area contributed by atoms with Gasteiger partial charge in [0.15, 0.2) is 0 Å². The molecule has 0 aliphatic carbocycles. The van der Waals surface area contributed by atoms with Gasteiger partial charge in [-0.3, -0.25) is 4.98 Å². The predicted molar refractivity (Wildman–Crippen MR) is 64.0 cm³/mol. The first-order valence-electron chi connectivity index (χ1n) is 5.00. The maximum atomic E-state index is 13.9. The van der Waals surface area contributed by atoms with Crippen LogP contribution in [-0.4, -0.2) is 4.98 Å². The van der Waals surface area contributed by atoms with Crippen molar-refractivity contribution in [2.45, 2.75) is 19.9 Å². The highest BCUT2D eigenvalue weighted by Crippen LogP contribution is 2.28. The lowest BCUT2D eigenvalue weighted by Crippen LogP contribution is -2.14. The molecule has 4 heteroatoms. The highest BCUT2D eigenvalue weighted by Gasteiger charge is 2.17. The molecule has 0 saturated carbocycles. The first-order valence-corrected chi connectivity index (χ1v) is 5.88. The molecule has 0 aliphatic rings. The second-order valence-corrected chi connectivity index (χ2v) is 4.78. The van der Waals surface area contributed by atoms with Crippen molar-refractivity contribution in [3.8, 4) is 0 Å². The van der Waals surface area contributed by atoms with Crippen LogP contribution in [0, 0.1) is 19.7 Å². The number of nitrogens with zero attached hydrogens (tertiary/aromatic N) is 1. The van der Waals surface area contributed by atoms with Crippen LogP contribution in [0.25, 0.3) is 0 Å². The fourth-order valence-electron chi connectivity index (χ4n) is 1.84. The SMILES string of the molecule is Cc1cc(C)c(C(N)c2cncs2)c(F)c1. The van der Waals surface area contributed by atoms with Crippen molar-refractivity contribution in [1.82, 2.24) is 4.98 Å². The number of halogens is 1. The summed E-state index contributed by atoms with van der Waals surface area (Å²) in [5.41, 5.74) is 10.1. The Bertz CT molecular complexity index is 471. The lowest BCUT2D eigenvalue weighted by atomic mass is 9.98. The first kappa shape index (κ1) is 11.2. The molecule has 1 atom stereocenters. The zero-order valence-corrected chi connectivity index (χ0v) is 10.0. The molecule has 2 nitrogen and oxygen atoms in total. The van der Waals surface area contributed by atoms with E-state index in [0.717, 1.165) is 16.0 Å². The topological polar surface area (TPSA) is 38.9 Å². The van der Waals surface area contributed by atoms with Crippen LogP contribution in [0.5, 0.6) is 0 Å². The highest BCUT2D eigenvalue weighted by atomic mass is 32.1. The lowest BCUT2D eigenvalue weighted by molar-refractivity contribution is 0.597. The summed E-state index contributed by atoms with van der Waals surface area (Å²) in [7, 11) is 0. The Balaban J connectivity index is 2.48. The summed E-state index contributed by atoms with van der Waals surface area (Å²) in [5, 5.41) is 0. The van der Waals surface area contributed by atoms with E-state index in [1.54, 1.807) is 11.7 Å². The van der Waals surface area contributed by atoms with Gasteiger partial charge in [0.2, 0.25) is 0 Å². The zero-order valence-electron chi connectivity index (χ0n) is 9.20. The largest absolute Gasteiger partial charge is 0.319 e. The van der Waals surface area contributed by atoms with Crippen molar-refractivity contribution in [3.63, 3.8) is 0 Å². The van der Waals surface area contributed by atoms with Crippen LogP contribution < -0.4 is 5.73 Å². The molecular formula is C12H13FN2S. The Morgan fingerprint density at radius 1 is 1.38 bits per heavy atom. The number of hydrogen-bond donors (Lipinski definition) is 1. The highest BCUT2D eigenvalue weighted by molar-refractivity contribution is 7.09. The number of nitrogens with two attached hydrogens (primary N) is 1. The minimum absolute atomic E-state index is 0.238. The Hall–Kier alpha value is -1.26. The van der Waals surface area contributed by atoms with Gasteiger partial charge in [0.05, 0.1) is 11.6 Å². The summed E-state index contributed by atoms with van der Waals surface area (Å²) >= 11 is 1.44. The van der Waals surface area contributed by atoms with Crippen LogP contribution in [0.2, 0.25) is 0 Å². The van der Waals surface area contributed by atoms with E-state index < -0.39 is 6.04 Å². The summed E-state index contributed by atoms with van der Waals surface area (Å²) in [4.78, 5) is 4.84. The van der Waals surface area contributed by atoms with E-state index in [-0.39, 0.29) is 5.82 Å². The van der Waals surface area contributed by atoms with Crippen molar-refractivity contribution in [2.75, 3.05) is 0 Å². The van der Waals surface area contributed by atoms with Crippen LogP contribution in [0.1, 0.15) is 27.6 Å². The molecule has 84 valence electrons. The Labute approximate surface area is 97.9 Å². The number of rotatable bonds is 2. The fourth-order valence-corrected chi connectivity index (χ4v) is 2.47. The van der Waals surface area contributed by atoms with E-state index in [4.69, 9.17) is 5.73 Å². The minimum atomic E-state index is -0.423. The smallest absolute Gasteiger partial charge is 0.128 e. The number of hydrogen-bond acceptors (Lipinski definition) is 3. The molecule has 1 unspecified atom stereocenters. The molecule has 2 rings (SSSR count). The number of benzene rings is 1. The van der Waals surface area contributed by atoms with E-state index in [9.17, 15) is 4.39 Å². The normalized spacial score (nSPS) is 12.8. The molecule has 2 aromatic rings. The van der Waals surface area contributed by atoms with E-state index in [1.165, 1.54) is 17.4 Å². The summed E-state index contributed by atoms with van der Waals surface area (Å²) in [6, 6.07) is 3.04. The van der Waals surface area contributed by atoms with Crippen molar-refractivity contribution in [1.29, 1.82) is 0 Å². The van der Waals surface area contributed by atoms with Crippen molar-refractivity contribution < 1.29 is 4.39 Å². The molecule has 16 heavy (non-hydrogen) atoms. The third-order valence-corrected chi connectivity index (χ3v) is 3.41. The molecule has 0 spiro atoms. The number of aromatic nitrogens is 1. The van der Waals surface area contributed by atoms with Crippen molar-refractivity contribution in [2.24, 2.45) is 5.73 Å². The quantitative estimate of drug-likeness (QED) is 0.870. The third-order valence-electron chi connectivity index (χ3n) is 2.55.